The molecule has 0 saturated heterocycles. The minimum Gasteiger partial charge on any atom is -0.299 e. The molecule has 2 aromatic heterocycles. The molecule has 0 spiro atoms. The van der Waals surface area contributed by atoms with Crippen LogP contribution in [-0.4, -0.2) is 20.5 Å². The van der Waals surface area contributed by atoms with Crippen LogP contribution in [-0.2, 0) is 30.6 Å². The van der Waals surface area contributed by atoms with Gasteiger partial charge < -0.3 is 0 Å². The van der Waals surface area contributed by atoms with Crippen LogP contribution in [0.5, 0.6) is 0 Å². The molecule has 0 saturated carbocycles. The van der Waals surface area contributed by atoms with Gasteiger partial charge in [-0.1, -0.05) is 13.0 Å². The fourth-order valence-electron chi connectivity index (χ4n) is 2.17. The molecule has 0 aliphatic rings. The van der Waals surface area contributed by atoms with Crippen LogP contribution in [0.15, 0.2) is 29.0 Å². The van der Waals surface area contributed by atoms with Crippen molar-refractivity contribution in [2.24, 2.45) is 0 Å². The lowest BCUT2D eigenvalue weighted by Gasteiger charge is -2.05. The van der Waals surface area contributed by atoms with E-state index in [1.807, 2.05) is 23.7 Å². The summed E-state index contributed by atoms with van der Waals surface area (Å²) in [5.41, 5.74) is 2.93. The number of aromatic nitrogens is 3. The van der Waals surface area contributed by atoms with E-state index in [1.54, 1.807) is 12.4 Å². The van der Waals surface area contributed by atoms with Gasteiger partial charge in [-0.05, 0) is 40.9 Å². The molecule has 20 heavy (non-hydrogen) atoms. The molecule has 5 heteroatoms. The second-order valence-corrected chi connectivity index (χ2v) is 5.42. The van der Waals surface area contributed by atoms with Gasteiger partial charge in [0, 0.05) is 31.8 Å². The molecule has 0 amide bonds. The number of pyridine rings is 1. The molecule has 2 aromatic rings. The fourth-order valence-corrected chi connectivity index (χ4v) is 2.87. The number of ketones is 1. The summed E-state index contributed by atoms with van der Waals surface area (Å²) in [7, 11) is 0. The van der Waals surface area contributed by atoms with Crippen molar-refractivity contribution in [3.63, 3.8) is 0 Å². The van der Waals surface area contributed by atoms with E-state index in [0.29, 0.717) is 12.8 Å². The number of halogens is 1. The molecule has 2 rings (SSSR count). The summed E-state index contributed by atoms with van der Waals surface area (Å²) in [5, 5.41) is 4.51. The fraction of sp³-hybridized carbons (Fsp3) is 0.400. The number of hydrogen-bond acceptors (Lipinski definition) is 3. The van der Waals surface area contributed by atoms with E-state index in [2.05, 4.69) is 32.9 Å². The average Bonchev–Trinajstić information content (AvgIpc) is 2.76. The Labute approximate surface area is 127 Å². The summed E-state index contributed by atoms with van der Waals surface area (Å²) in [6.45, 7) is 4.87. The smallest absolute Gasteiger partial charge is 0.143 e. The van der Waals surface area contributed by atoms with E-state index in [-0.39, 0.29) is 5.78 Å². The summed E-state index contributed by atoms with van der Waals surface area (Å²) in [4.78, 5) is 16.2. The number of nitrogens with zero attached hydrogens (tertiary/aromatic N) is 3. The molecule has 2 heterocycles. The SMILES string of the molecule is CCc1nn(CC)c(CC(=O)Cc2cccnc2)c1Br. The second-order valence-electron chi connectivity index (χ2n) is 4.63. The van der Waals surface area contributed by atoms with E-state index in [0.717, 1.165) is 34.4 Å². The predicted octanol–water partition coefficient (Wildman–Crippen LogP) is 2.98. The highest BCUT2D eigenvalue weighted by Crippen LogP contribution is 2.23. The summed E-state index contributed by atoms with van der Waals surface area (Å²) in [6.07, 6.45) is 5.12. The Morgan fingerprint density at radius 3 is 2.75 bits per heavy atom. The minimum atomic E-state index is 0.177. The van der Waals surface area contributed by atoms with Gasteiger partial charge in [-0.3, -0.25) is 14.5 Å². The maximum atomic E-state index is 12.2. The molecule has 0 unspecified atom stereocenters. The van der Waals surface area contributed by atoms with Crippen LogP contribution in [0.4, 0.5) is 0 Å². The third-order valence-electron chi connectivity index (χ3n) is 3.18. The van der Waals surface area contributed by atoms with Gasteiger partial charge in [-0.2, -0.15) is 5.10 Å². The molecule has 4 nitrogen and oxygen atoms in total. The zero-order chi connectivity index (χ0) is 14.5. The first kappa shape index (κ1) is 14.9. The van der Waals surface area contributed by atoms with Gasteiger partial charge in [0.2, 0.25) is 0 Å². The molecule has 0 N–H and O–H groups in total. The number of aryl methyl sites for hydroxylation is 2. The number of rotatable bonds is 6. The van der Waals surface area contributed by atoms with Gasteiger partial charge in [-0.25, -0.2) is 0 Å². The van der Waals surface area contributed by atoms with Gasteiger partial charge in [0.05, 0.1) is 15.9 Å². The van der Waals surface area contributed by atoms with Crippen LogP contribution in [0.3, 0.4) is 0 Å². The molecule has 0 aliphatic heterocycles. The van der Waals surface area contributed by atoms with Gasteiger partial charge >= 0.3 is 0 Å². The molecule has 0 fully saturated rings. The largest absolute Gasteiger partial charge is 0.299 e. The first-order valence-electron chi connectivity index (χ1n) is 6.80. The second kappa shape index (κ2) is 6.79. The Balaban J connectivity index is 2.13. The Morgan fingerprint density at radius 1 is 1.35 bits per heavy atom. The Morgan fingerprint density at radius 2 is 2.15 bits per heavy atom. The zero-order valence-corrected chi connectivity index (χ0v) is 13.4. The van der Waals surface area contributed by atoms with Crippen molar-refractivity contribution in [2.75, 3.05) is 0 Å². The van der Waals surface area contributed by atoms with Crippen molar-refractivity contribution >= 4 is 21.7 Å². The Hall–Kier alpha value is -1.49. The van der Waals surface area contributed by atoms with Gasteiger partial charge in [-0.15, -0.1) is 0 Å². The van der Waals surface area contributed by atoms with Crippen molar-refractivity contribution in [2.45, 2.75) is 39.7 Å². The van der Waals surface area contributed by atoms with Crippen LogP contribution in [0.2, 0.25) is 0 Å². The normalized spacial score (nSPS) is 10.8. The molecular weight excluding hydrogens is 318 g/mol. The lowest BCUT2D eigenvalue weighted by molar-refractivity contribution is -0.117. The van der Waals surface area contributed by atoms with Gasteiger partial charge in [0.25, 0.3) is 0 Å². The van der Waals surface area contributed by atoms with Crippen LogP contribution in [0.25, 0.3) is 0 Å². The van der Waals surface area contributed by atoms with E-state index < -0.39 is 0 Å². The maximum absolute atomic E-state index is 12.2. The molecule has 106 valence electrons. The van der Waals surface area contributed by atoms with Crippen LogP contribution >= 0.6 is 15.9 Å². The third kappa shape index (κ3) is 3.33. The first-order valence-corrected chi connectivity index (χ1v) is 7.59. The van der Waals surface area contributed by atoms with Crippen molar-refractivity contribution in [3.05, 3.63) is 46.0 Å². The summed E-state index contributed by atoms with van der Waals surface area (Å²) in [5.74, 6) is 0.177. The molecule has 0 aromatic carbocycles. The van der Waals surface area contributed by atoms with Gasteiger partial charge in [0.1, 0.15) is 5.78 Å². The standard InChI is InChI=1S/C15H18BrN3O/c1-3-13-15(16)14(19(4-2)18-13)9-12(20)8-11-6-5-7-17-10-11/h5-7,10H,3-4,8-9H2,1-2H3. The summed E-state index contributed by atoms with van der Waals surface area (Å²) < 4.78 is 2.88. The molecular formula is C15H18BrN3O. The summed E-state index contributed by atoms with van der Waals surface area (Å²) in [6, 6.07) is 3.78. The quantitative estimate of drug-likeness (QED) is 0.815. The van der Waals surface area contributed by atoms with E-state index in [9.17, 15) is 4.79 Å². The monoisotopic (exact) mass is 335 g/mol. The number of carbonyl (C=O) groups is 1. The molecule has 0 aliphatic carbocycles. The minimum absolute atomic E-state index is 0.177. The number of carbonyl (C=O) groups excluding carboxylic acids is 1. The van der Waals surface area contributed by atoms with Gasteiger partial charge in [0.15, 0.2) is 0 Å². The van der Waals surface area contributed by atoms with Crippen molar-refractivity contribution in [1.29, 1.82) is 0 Å². The highest BCUT2D eigenvalue weighted by molar-refractivity contribution is 9.10. The van der Waals surface area contributed by atoms with E-state index in [4.69, 9.17) is 0 Å². The zero-order valence-electron chi connectivity index (χ0n) is 11.8. The lowest BCUT2D eigenvalue weighted by Crippen LogP contribution is -2.12. The average molecular weight is 336 g/mol. The van der Waals surface area contributed by atoms with Crippen LogP contribution in [0.1, 0.15) is 30.8 Å². The highest BCUT2D eigenvalue weighted by Gasteiger charge is 2.17. The van der Waals surface area contributed by atoms with Crippen LogP contribution < -0.4 is 0 Å². The third-order valence-corrected chi connectivity index (χ3v) is 4.10. The predicted molar refractivity (Wildman–Crippen MR) is 81.6 cm³/mol. The van der Waals surface area contributed by atoms with Crippen molar-refractivity contribution in [3.8, 4) is 0 Å². The molecule has 0 bridgehead atoms. The Kier molecular flexibility index (Phi) is 5.06. The number of Topliss-reactive ketones (excluding diaryl/α,β-unsaturated/α-hetero) is 1. The Bertz CT molecular complexity index is 593. The van der Waals surface area contributed by atoms with E-state index >= 15 is 0 Å². The number of hydrogen-bond donors (Lipinski definition) is 0. The summed E-state index contributed by atoms with van der Waals surface area (Å²) >= 11 is 3.57. The van der Waals surface area contributed by atoms with Crippen LogP contribution in [0, 0.1) is 0 Å². The van der Waals surface area contributed by atoms with E-state index in [1.165, 1.54) is 0 Å². The first-order chi connectivity index (χ1) is 9.65. The van der Waals surface area contributed by atoms with Crippen molar-refractivity contribution < 1.29 is 4.79 Å². The lowest BCUT2D eigenvalue weighted by atomic mass is 10.1. The highest BCUT2D eigenvalue weighted by atomic mass is 79.9. The molecule has 0 radical (unpaired) electrons. The topological polar surface area (TPSA) is 47.8 Å². The van der Waals surface area contributed by atoms with Crippen molar-refractivity contribution in [1.82, 2.24) is 14.8 Å². The molecule has 0 atom stereocenters. The maximum Gasteiger partial charge on any atom is 0.143 e.